The first-order valence-corrected chi connectivity index (χ1v) is 9.02. The van der Waals surface area contributed by atoms with Crippen LogP contribution in [0.5, 0.6) is 0 Å². The molecule has 0 radical (unpaired) electrons. The molecule has 1 N–H and O–H groups in total. The molecule has 2 heterocycles. The van der Waals surface area contributed by atoms with Crippen molar-refractivity contribution < 1.29 is 0 Å². The second-order valence-corrected chi connectivity index (χ2v) is 7.38. The van der Waals surface area contributed by atoms with Crippen LogP contribution in [0.15, 0.2) is 15.9 Å². The van der Waals surface area contributed by atoms with Crippen LogP contribution in [0.3, 0.4) is 0 Å². The van der Waals surface area contributed by atoms with Crippen LogP contribution >= 0.6 is 27.3 Å². The van der Waals surface area contributed by atoms with E-state index >= 15 is 0 Å². The van der Waals surface area contributed by atoms with Gasteiger partial charge in [0.05, 0.1) is 0 Å². The fraction of sp³-hybridized carbons (Fsp3) is 0.733. The Hall–Kier alpha value is 0.100. The molecule has 0 spiro atoms. The summed E-state index contributed by atoms with van der Waals surface area (Å²) in [5.74, 6) is 0. The largest absolute Gasteiger partial charge is 0.308 e. The lowest BCUT2D eigenvalue weighted by molar-refractivity contribution is 0.0650. The zero-order valence-corrected chi connectivity index (χ0v) is 14.6. The third-order valence-electron chi connectivity index (χ3n) is 4.60. The lowest BCUT2D eigenvalue weighted by Crippen LogP contribution is -2.63. The van der Waals surface area contributed by atoms with Crippen LogP contribution in [-0.2, 0) is 6.54 Å². The Morgan fingerprint density at radius 1 is 1.42 bits per heavy atom. The van der Waals surface area contributed by atoms with E-state index in [1.807, 2.05) is 11.3 Å². The summed E-state index contributed by atoms with van der Waals surface area (Å²) in [5, 5.41) is 5.98. The second-order valence-electron chi connectivity index (χ2n) is 5.53. The SMILES string of the molecule is CCC1CNC(CC)(CC)CN1Cc1sccc1Br. The molecule has 2 nitrogen and oxygen atoms in total. The molecule has 108 valence electrons. The summed E-state index contributed by atoms with van der Waals surface area (Å²) in [6.45, 7) is 10.3. The maximum absolute atomic E-state index is 3.81. The summed E-state index contributed by atoms with van der Waals surface area (Å²) in [6.07, 6.45) is 3.64. The van der Waals surface area contributed by atoms with Crippen LogP contribution in [0.1, 0.15) is 44.9 Å². The molecule has 0 bridgehead atoms. The predicted molar refractivity (Wildman–Crippen MR) is 87.8 cm³/mol. The van der Waals surface area contributed by atoms with Gasteiger partial charge in [-0.3, -0.25) is 4.90 Å². The molecule has 0 saturated carbocycles. The Balaban J connectivity index is 2.12. The topological polar surface area (TPSA) is 15.3 Å². The first kappa shape index (κ1) is 15.5. The van der Waals surface area contributed by atoms with E-state index in [9.17, 15) is 0 Å². The maximum Gasteiger partial charge on any atom is 0.0343 e. The summed E-state index contributed by atoms with van der Waals surface area (Å²) < 4.78 is 1.27. The van der Waals surface area contributed by atoms with Crippen LogP contribution in [0.2, 0.25) is 0 Å². The number of nitrogens with one attached hydrogen (secondary N) is 1. The van der Waals surface area contributed by atoms with Crippen molar-refractivity contribution in [2.75, 3.05) is 13.1 Å². The van der Waals surface area contributed by atoms with E-state index in [-0.39, 0.29) is 0 Å². The molecule has 2 rings (SSSR count). The van der Waals surface area contributed by atoms with Crippen molar-refractivity contribution in [3.63, 3.8) is 0 Å². The van der Waals surface area contributed by atoms with Crippen molar-refractivity contribution in [3.05, 3.63) is 20.8 Å². The molecule has 1 unspecified atom stereocenters. The Kier molecular flexibility index (Phi) is 5.46. The monoisotopic (exact) mass is 344 g/mol. The van der Waals surface area contributed by atoms with Gasteiger partial charge in [-0.1, -0.05) is 20.8 Å². The molecule has 1 aromatic heterocycles. The molecular formula is C15H25BrN2S. The van der Waals surface area contributed by atoms with Crippen molar-refractivity contribution in [2.24, 2.45) is 0 Å². The Bertz CT molecular complexity index is 401. The van der Waals surface area contributed by atoms with E-state index in [4.69, 9.17) is 0 Å². The molecule has 1 fully saturated rings. The lowest BCUT2D eigenvalue weighted by Gasteiger charge is -2.47. The second kappa shape index (κ2) is 6.70. The number of halogens is 1. The molecule has 19 heavy (non-hydrogen) atoms. The van der Waals surface area contributed by atoms with Gasteiger partial charge in [0.1, 0.15) is 0 Å². The van der Waals surface area contributed by atoms with Gasteiger partial charge in [-0.15, -0.1) is 11.3 Å². The highest BCUT2D eigenvalue weighted by Gasteiger charge is 2.36. The molecule has 0 aliphatic carbocycles. The summed E-state index contributed by atoms with van der Waals surface area (Å²) >= 11 is 5.53. The van der Waals surface area contributed by atoms with E-state index in [1.165, 1.54) is 35.2 Å². The van der Waals surface area contributed by atoms with E-state index in [0.29, 0.717) is 11.6 Å². The molecule has 0 aromatic carbocycles. The van der Waals surface area contributed by atoms with Gasteiger partial charge in [0.25, 0.3) is 0 Å². The molecule has 1 atom stereocenters. The van der Waals surface area contributed by atoms with Crippen LogP contribution in [0, 0.1) is 0 Å². The van der Waals surface area contributed by atoms with Gasteiger partial charge in [-0.05, 0) is 46.6 Å². The van der Waals surface area contributed by atoms with Gasteiger partial charge in [-0.25, -0.2) is 0 Å². The number of rotatable bonds is 5. The van der Waals surface area contributed by atoms with Crippen molar-refractivity contribution in [3.8, 4) is 0 Å². The average molecular weight is 345 g/mol. The minimum absolute atomic E-state index is 0.315. The Morgan fingerprint density at radius 2 is 2.16 bits per heavy atom. The molecule has 1 aromatic rings. The molecule has 0 amide bonds. The molecule has 1 saturated heterocycles. The molecule has 1 aliphatic rings. The number of nitrogens with zero attached hydrogens (tertiary/aromatic N) is 1. The van der Waals surface area contributed by atoms with Gasteiger partial charge in [0.15, 0.2) is 0 Å². The van der Waals surface area contributed by atoms with Crippen molar-refractivity contribution in [1.82, 2.24) is 10.2 Å². The summed E-state index contributed by atoms with van der Waals surface area (Å²) in [7, 11) is 0. The van der Waals surface area contributed by atoms with Gasteiger partial charge in [0, 0.05) is 40.6 Å². The predicted octanol–water partition coefficient (Wildman–Crippen LogP) is 4.25. The van der Waals surface area contributed by atoms with E-state index in [1.54, 1.807) is 0 Å². The molecule has 1 aliphatic heterocycles. The van der Waals surface area contributed by atoms with Crippen LogP contribution in [0.25, 0.3) is 0 Å². The van der Waals surface area contributed by atoms with Crippen molar-refractivity contribution in [1.29, 1.82) is 0 Å². The number of thiophene rings is 1. The quantitative estimate of drug-likeness (QED) is 0.858. The lowest BCUT2D eigenvalue weighted by atomic mass is 9.88. The summed E-state index contributed by atoms with van der Waals surface area (Å²) in [6, 6.07) is 2.83. The van der Waals surface area contributed by atoms with Crippen LogP contribution < -0.4 is 5.32 Å². The summed E-state index contributed by atoms with van der Waals surface area (Å²) in [5.41, 5.74) is 0.315. The Morgan fingerprint density at radius 3 is 2.68 bits per heavy atom. The normalized spacial score (nSPS) is 23.7. The fourth-order valence-electron chi connectivity index (χ4n) is 2.97. The zero-order chi connectivity index (χ0) is 13.9. The highest BCUT2D eigenvalue weighted by atomic mass is 79.9. The average Bonchev–Trinajstić information content (AvgIpc) is 2.84. The van der Waals surface area contributed by atoms with Crippen LogP contribution in [-0.4, -0.2) is 29.6 Å². The van der Waals surface area contributed by atoms with Gasteiger partial charge >= 0.3 is 0 Å². The van der Waals surface area contributed by atoms with Gasteiger partial charge in [-0.2, -0.15) is 0 Å². The fourth-order valence-corrected chi connectivity index (χ4v) is 4.47. The first-order chi connectivity index (χ1) is 9.14. The smallest absolute Gasteiger partial charge is 0.0343 e. The van der Waals surface area contributed by atoms with E-state index < -0.39 is 0 Å². The maximum atomic E-state index is 3.81. The van der Waals surface area contributed by atoms with Gasteiger partial charge in [0.2, 0.25) is 0 Å². The standard InChI is InChI=1S/C15H25BrN2S/c1-4-12-9-17-15(5-2,6-3)11-18(12)10-14-13(16)7-8-19-14/h7-8,12,17H,4-6,9-11H2,1-3H3. The van der Waals surface area contributed by atoms with Gasteiger partial charge < -0.3 is 5.32 Å². The molecular weight excluding hydrogens is 320 g/mol. The number of piperazine rings is 1. The number of hydrogen-bond donors (Lipinski definition) is 1. The minimum Gasteiger partial charge on any atom is -0.308 e. The molecule has 4 heteroatoms. The number of hydrogen-bond acceptors (Lipinski definition) is 3. The van der Waals surface area contributed by atoms with E-state index in [2.05, 4.69) is 58.4 Å². The highest BCUT2D eigenvalue weighted by molar-refractivity contribution is 9.10. The van der Waals surface area contributed by atoms with E-state index in [0.717, 1.165) is 13.1 Å². The summed E-state index contributed by atoms with van der Waals surface area (Å²) in [4.78, 5) is 4.14. The minimum atomic E-state index is 0.315. The highest BCUT2D eigenvalue weighted by Crippen LogP contribution is 2.29. The van der Waals surface area contributed by atoms with Crippen LogP contribution in [0.4, 0.5) is 0 Å². The first-order valence-electron chi connectivity index (χ1n) is 7.35. The third kappa shape index (κ3) is 3.41. The third-order valence-corrected chi connectivity index (χ3v) is 6.51. The zero-order valence-electron chi connectivity index (χ0n) is 12.2. The van der Waals surface area contributed by atoms with Crippen molar-refractivity contribution >= 4 is 27.3 Å². The Labute approximate surface area is 129 Å². The van der Waals surface area contributed by atoms with Crippen molar-refractivity contribution in [2.45, 2.75) is 58.2 Å².